The van der Waals surface area contributed by atoms with E-state index >= 15 is 0 Å². The van der Waals surface area contributed by atoms with Gasteiger partial charge < -0.3 is 11.1 Å². The van der Waals surface area contributed by atoms with Crippen LogP contribution in [-0.4, -0.2) is 27.9 Å². The van der Waals surface area contributed by atoms with Crippen molar-refractivity contribution in [3.8, 4) is 0 Å². The number of benzene rings is 1. The van der Waals surface area contributed by atoms with E-state index in [0.29, 0.717) is 24.2 Å². The second-order valence-electron chi connectivity index (χ2n) is 6.68. The zero-order chi connectivity index (χ0) is 17.8. The quantitative estimate of drug-likeness (QED) is 0.729. The van der Waals surface area contributed by atoms with Crippen molar-refractivity contribution < 1.29 is 13.2 Å². The zero-order valence-corrected chi connectivity index (χ0v) is 15.2. The maximum atomic E-state index is 12.4. The fourth-order valence-electron chi connectivity index (χ4n) is 3.38. The molecular formula is C17H27N3O3S. The number of nitrogens with two attached hydrogens (primary N) is 1. The van der Waals surface area contributed by atoms with E-state index in [4.69, 9.17) is 5.73 Å². The maximum Gasteiger partial charge on any atom is 0.240 e. The lowest BCUT2D eigenvalue weighted by Crippen LogP contribution is -2.36. The van der Waals surface area contributed by atoms with E-state index in [9.17, 15) is 13.2 Å². The molecule has 0 unspecified atom stereocenters. The Labute approximate surface area is 144 Å². The molecule has 1 amide bonds. The Bertz CT molecular complexity index is 695. The Morgan fingerprint density at radius 1 is 1.25 bits per heavy atom. The molecule has 0 bridgehead atoms. The van der Waals surface area contributed by atoms with E-state index in [1.54, 1.807) is 19.1 Å². The first-order valence-electron chi connectivity index (χ1n) is 8.36. The number of carbonyl (C=O) groups excluding carboxylic acids is 1. The van der Waals surface area contributed by atoms with Crippen LogP contribution in [0.25, 0.3) is 0 Å². The number of hydrogen-bond acceptors (Lipinski definition) is 4. The van der Waals surface area contributed by atoms with Gasteiger partial charge in [-0.15, -0.1) is 0 Å². The average Bonchev–Trinajstić information content (AvgIpc) is 2.57. The Morgan fingerprint density at radius 2 is 1.92 bits per heavy atom. The van der Waals surface area contributed by atoms with Gasteiger partial charge in [0.15, 0.2) is 0 Å². The smallest absolute Gasteiger partial charge is 0.240 e. The standard InChI is InChI=1S/C17H27N3O3S/c1-13-6-7-14(10-15(13)24(22,23)19-2)20-16(21)11-17(12-18)8-4-3-5-9-17/h6-7,10,19H,3-5,8-9,11-12,18H2,1-2H3,(H,20,21). The monoisotopic (exact) mass is 353 g/mol. The maximum absolute atomic E-state index is 12.4. The molecule has 24 heavy (non-hydrogen) atoms. The van der Waals surface area contributed by atoms with Gasteiger partial charge in [-0.25, -0.2) is 13.1 Å². The van der Waals surface area contributed by atoms with Gasteiger partial charge in [-0.2, -0.15) is 0 Å². The Kier molecular flexibility index (Phi) is 6.01. The van der Waals surface area contributed by atoms with Gasteiger partial charge in [0.2, 0.25) is 15.9 Å². The molecule has 1 saturated carbocycles. The third-order valence-electron chi connectivity index (χ3n) is 4.91. The van der Waals surface area contributed by atoms with Gasteiger partial charge in [-0.1, -0.05) is 25.3 Å². The summed E-state index contributed by atoms with van der Waals surface area (Å²) in [5.41, 5.74) is 6.93. The molecule has 1 aromatic rings. The van der Waals surface area contributed by atoms with Gasteiger partial charge in [-0.3, -0.25) is 4.79 Å². The molecule has 6 nitrogen and oxygen atoms in total. The van der Waals surface area contributed by atoms with Gasteiger partial charge in [0.05, 0.1) is 4.90 Å². The van der Waals surface area contributed by atoms with E-state index in [0.717, 1.165) is 25.7 Å². The number of aryl methyl sites for hydroxylation is 1. The molecule has 1 aliphatic rings. The predicted molar refractivity (Wildman–Crippen MR) is 95.2 cm³/mol. The third kappa shape index (κ3) is 4.34. The predicted octanol–water partition coefficient (Wildman–Crippen LogP) is 2.14. The number of nitrogens with one attached hydrogen (secondary N) is 2. The van der Waals surface area contributed by atoms with Gasteiger partial charge >= 0.3 is 0 Å². The summed E-state index contributed by atoms with van der Waals surface area (Å²) in [4.78, 5) is 12.6. The van der Waals surface area contributed by atoms with Gasteiger partial charge in [-0.05, 0) is 56.5 Å². The molecule has 0 saturated heterocycles. The molecule has 0 aromatic heterocycles. The highest BCUT2D eigenvalue weighted by Gasteiger charge is 2.33. The summed E-state index contributed by atoms with van der Waals surface area (Å²) >= 11 is 0. The molecule has 134 valence electrons. The number of rotatable bonds is 6. The molecule has 0 spiro atoms. The van der Waals surface area contributed by atoms with Crippen LogP contribution in [-0.2, 0) is 14.8 Å². The average molecular weight is 353 g/mol. The van der Waals surface area contributed by atoms with Crippen molar-refractivity contribution in [2.24, 2.45) is 11.1 Å². The largest absolute Gasteiger partial charge is 0.330 e. The molecule has 7 heteroatoms. The number of sulfonamides is 1. The van der Waals surface area contributed by atoms with Crippen LogP contribution < -0.4 is 15.8 Å². The lowest BCUT2D eigenvalue weighted by Gasteiger charge is -2.35. The molecule has 2 rings (SSSR count). The van der Waals surface area contributed by atoms with Gasteiger partial charge in [0.1, 0.15) is 0 Å². The van der Waals surface area contributed by atoms with Crippen molar-refractivity contribution in [2.75, 3.05) is 18.9 Å². The van der Waals surface area contributed by atoms with Crippen molar-refractivity contribution in [1.29, 1.82) is 0 Å². The minimum absolute atomic E-state index is 0.112. The van der Waals surface area contributed by atoms with Crippen molar-refractivity contribution in [1.82, 2.24) is 4.72 Å². The summed E-state index contributed by atoms with van der Waals surface area (Å²) in [6, 6.07) is 4.91. The number of anilines is 1. The molecule has 1 fully saturated rings. The van der Waals surface area contributed by atoms with Crippen molar-refractivity contribution in [2.45, 2.75) is 50.3 Å². The Hall–Kier alpha value is -1.44. The SMILES string of the molecule is CNS(=O)(=O)c1cc(NC(=O)CC2(CN)CCCCC2)ccc1C. The lowest BCUT2D eigenvalue weighted by atomic mass is 9.71. The topological polar surface area (TPSA) is 101 Å². The number of hydrogen-bond donors (Lipinski definition) is 3. The van der Waals surface area contributed by atoms with E-state index in [1.807, 2.05) is 0 Å². The minimum atomic E-state index is -3.55. The molecule has 0 aliphatic heterocycles. The third-order valence-corrected chi connectivity index (χ3v) is 6.47. The molecular weight excluding hydrogens is 326 g/mol. The minimum Gasteiger partial charge on any atom is -0.330 e. The summed E-state index contributed by atoms with van der Waals surface area (Å²) in [6.07, 6.45) is 5.76. The summed E-state index contributed by atoms with van der Waals surface area (Å²) in [6.45, 7) is 2.23. The summed E-state index contributed by atoms with van der Waals surface area (Å²) < 4.78 is 26.4. The highest BCUT2D eigenvalue weighted by atomic mass is 32.2. The summed E-state index contributed by atoms with van der Waals surface area (Å²) in [7, 11) is -2.18. The highest BCUT2D eigenvalue weighted by Crippen LogP contribution is 2.38. The second-order valence-corrected chi connectivity index (χ2v) is 8.53. The molecule has 1 aliphatic carbocycles. The molecule has 0 heterocycles. The summed E-state index contributed by atoms with van der Waals surface area (Å²) in [5.74, 6) is -0.112. The Balaban J connectivity index is 2.13. The van der Waals surface area contributed by atoms with Gasteiger partial charge in [0.25, 0.3) is 0 Å². The van der Waals surface area contributed by atoms with E-state index < -0.39 is 10.0 Å². The first kappa shape index (κ1) is 18.9. The van der Waals surface area contributed by atoms with E-state index in [1.165, 1.54) is 19.5 Å². The van der Waals surface area contributed by atoms with Crippen LogP contribution in [0.4, 0.5) is 5.69 Å². The van der Waals surface area contributed by atoms with Gasteiger partial charge in [0, 0.05) is 12.1 Å². The van der Waals surface area contributed by atoms with E-state index in [2.05, 4.69) is 10.0 Å². The Morgan fingerprint density at radius 3 is 2.50 bits per heavy atom. The first-order valence-corrected chi connectivity index (χ1v) is 9.84. The first-order chi connectivity index (χ1) is 11.3. The molecule has 0 radical (unpaired) electrons. The lowest BCUT2D eigenvalue weighted by molar-refractivity contribution is -0.118. The van der Waals surface area contributed by atoms with Crippen LogP contribution in [0, 0.1) is 12.3 Å². The van der Waals surface area contributed by atoms with Crippen molar-refractivity contribution in [3.63, 3.8) is 0 Å². The number of amides is 1. The summed E-state index contributed by atoms with van der Waals surface area (Å²) in [5, 5.41) is 2.83. The van der Waals surface area contributed by atoms with Crippen LogP contribution in [0.15, 0.2) is 23.1 Å². The fraction of sp³-hybridized carbons (Fsp3) is 0.588. The molecule has 4 N–H and O–H groups in total. The van der Waals surface area contributed by atoms with Crippen LogP contribution in [0.3, 0.4) is 0 Å². The van der Waals surface area contributed by atoms with Crippen LogP contribution in [0.5, 0.6) is 0 Å². The zero-order valence-electron chi connectivity index (χ0n) is 14.4. The normalized spacial score (nSPS) is 17.5. The highest BCUT2D eigenvalue weighted by molar-refractivity contribution is 7.89. The van der Waals surface area contributed by atoms with Crippen LogP contribution in [0.1, 0.15) is 44.1 Å². The van der Waals surface area contributed by atoms with Crippen molar-refractivity contribution >= 4 is 21.6 Å². The van der Waals surface area contributed by atoms with Crippen LogP contribution in [0.2, 0.25) is 0 Å². The van der Waals surface area contributed by atoms with Crippen LogP contribution >= 0.6 is 0 Å². The fourth-order valence-corrected chi connectivity index (χ4v) is 4.37. The molecule has 0 atom stereocenters. The van der Waals surface area contributed by atoms with E-state index in [-0.39, 0.29) is 16.2 Å². The molecule has 1 aromatic carbocycles. The van der Waals surface area contributed by atoms with Crippen molar-refractivity contribution in [3.05, 3.63) is 23.8 Å². The second kappa shape index (κ2) is 7.63. The number of carbonyl (C=O) groups is 1.